The summed E-state index contributed by atoms with van der Waals surface area (Å²) in [4.78, 5) is 38.0. The molecule has 7 rings (SSSR count). The van der Waals surface area contributed by atoms with Crippen LogP contribution in [0, 0.1) is 9.39 Å². The Bertz CT molecular complexity index is 2290. The molecule has 0 unspecified atom stereocenters. The van der Waals surface area contributed by atoms with E-state index in [0.29, 0.717) is 39.8 Å². The second-order valence-electron chi connectivity index (χ2n) is 11.3. The molecule has 0 atom stereocenters. The maximum absolute atomic E-state index is 15.0. The number of fused-ring (bicyclic) bond motifs is 2. The van der Waals surface area contributed by atoms with E-state index < -0.39 is 11.4 Å². The summed E-state index contributed by atoms with van der Waals surface area (Å²) in [6, 6.07) is 23.8. The standard InChI is InChI=1S/C23H22FN3O3.C12H8IN3O.2CH4/c1-23(2,29)10-11-30-16-8-9-17(19(24)12-16)18-13-27(15-6-4-3-5-7-15)21-20(18)22(28)26-14-25-21;13-9-6-16(8-4-2-1-3-5-8)11-10(9)12(17)15-7-14-11;;/h3-9,12-14,29H,10-11H2,1-2H3,(H,25,26,28);1-7H,(H,14,15,17);2*1H4. The Labute approximate surface area is 296 Å². The van der Waals surface area contributed by atoms with E-state index in [1.807, 2.05) is 71.4 Å². The summed E-state index contributed by atoms with van der Waals surface area (Å²) in [6.07, 6.45) is 6.82. The molecule has 0 amide bonds. The van der Waals surface area contributed by atoms with Crippen molar-refractivity contribution < 1.29 is 14.2 Å². The van der Waals surface area contributed by atoms with Crippen LogP contribution in [0.25, 0.3) is 44.6 Å². The minimum Gasteiger partial charge on any atom is -0.493 e. The van der Waals surface area contributed by atoms with Gasteiger partial charge in [-0.25, -0.2) is 14.4 Å². The van der Waals surface area contributed by atoms with E-state index in [9.17, 15) is 19.1 Å². The fraction of sp³-hybridized carbons (Fsp3) is 0.189. The summed E-state index contributed by atoms with van der Waals surface area (Å²) in [5.74, 6) is -0.148. The molecule has 4 aromatic heterocycles. The predicted molar refractivity (Wildman–Crippen MR) is 201 cm³/mol. The topological polar surface area (TPSA) is 131 Å². The lowest BCUT2D eigenvalue weighted by Gasteiger charge is -2.17. The molecule has 0 aliphatic carbocycles. The number of nitrogens with one attached hydrogen (secondary N) is 2. The number of aromatic nitrogens is 6. The molecule has 3 N–H and O–H groups in total. The number of H-pyrrole nitrogens is 2. The monoisotopic (exact) mass is 776 g/mol. The zero-order valence-corrected chi connectivity index (χ0v) is 27.6. The van der Waals surface area contributed by atoms with Crippen LogP contribution in [-0.2, 0) is 0 Å². The molecule has 0 saturated carbocycles. The van der Waals surface area contributed by atoms with Gasteiger partial charge in [-0.15, -0.1) is 0 Å². The second-order valence-corrected chi connectivity index (χ2v) is 12.5. The van der Waals surface area contributed by atoms with Gasteiger partial charge in [-0.2, -0.15) is 0 Å². The summed E-state index contributed by atoms with van der Waals surface area (Å²) in [5, 5.41) is 10.7. The van der Waals surface area contributed by atoms with Crippen LogP contribution in [0.15, 0.2) is 114 Å². The highest BCUT2D eigenvalue weighted by Gasteiger charge is 2.19. The van der Waals surface area contributed by atoms with Crippen LogP contribution in [0.3, 0.4) is 0 Å². The molecule has 4 heterocycles. The summed E-state index contributed by atoms with van der Waals surface area (Å²) in [6.45, 7) is 3.64. The third kappa shape index (κ3) is 7.98. The first-order valence-electron chi connectivity index (χ1n) is 14.7. The Morgan fingerprint density at radius 3 is 1.88 bits per heavy atom. The third-order valence-electron chi connectivity index (χ3n) is 7.41. The normalized spacial score (nSPS) is 11.0. The van der Waals surface area contributed by atoms with Gasteiger partial charge in [-0.1, -0.05) is 51.3 Å². The first-order chi connectivity index (χ1) is 22.6. The minimum atomic E-state index is -0.855. The van der Waals surface area contributed by atoms with Crippen LogP contribution in [-0.4, -0.2) is 46.4 Å². The van der Waals surface area contributed by atoms with E-state index in [1.54, 1.807) is 36.7 Å². The molecule has 12 heteroatoms. The molecular formula is C37H38FIN6O4. The number of nitrogens with zero attached hydrogens (tertiary/aromatic N) is 4. The van der Waals surface area contributed by atoms with Crippen LogP contribution < -0.4 is 15.9 Å². The first kappa shape index (κ1) is 36.8. The van der Waals surface area contributed by atoms with Gasteiger partial charge in [0, 0.05) is 51.0 Å². The van der Waals surface area contributed by atoms with Crippen LogP contribution >= 0.6 is 22.6 Å². The van der Waals surface area contributed by atoms with Gasteiger partial charge in [0.1, 0.15) is 11.6 Å². The molecule has 0 bridgehead atoms. The Kier molecular flexibility index (Phi) is 11.6. The summed E-state index contributed by atoms with van der Waals surface area (Å²) < 4.78 is 25.1. The van der Waals surface area contributed by atoms with E-state index in [2.05, 4.69) is 42.5 Å². The molecule has 7 aromatic rings. The van der Waals surface area contributed by atoms with Gasteiger partial charge in [-0.3, -0.25) is 9.59 Å². The lowest BCUT2D eigenvalue weighted by atomic mass is 10.1. The molecule has 10 nitrogen and oxygen atoms in total. The summed E-state index contributed by atoms with van der Waals surface area (Å²) in [5.41, 5.74) is 2.38. The number of para-hydroxylation sites is 2. The molecule has 0 spiro atoms. The first-order valence-corrected chi connectivity index (χ1v) is 15.8. The molecule has 0 fully saturated rings. The maximum Gasteiger partial charge on any atom is 0.261 e. The summed E-state index contributed by atoms with van der Waals surface area (Å²) in [7, 11) is 0. The average Bonchev–Trinajstić information content (AvgIpc) is 3.61. The molecule has 0 saturated heterocycles. The van der Waals surface area contributed by atoms with Crippen molar-refractivity contribution in [2.24, 2.45) is 0 Å². The van der Waals surface area contributed by atoms with E-state index in [0.717, 1.165) is 14.9 Å². The fourth-order valence-corrected chi connectivity index (χ4v) is 5.86. The van der Waals surface area contributed by atoms with Crippen molar-refractivity contribution >= 4 is 44.7 Å². The fourth-order valence-electron chi connectivity index (χ4n) is 5.10. The van der Waals surface area contributed by atoms with Gasteiger partial charge < -0.3 is 28.9 Å². The van der Waals surface area contributed by atoms with Crippen LogP contribution in [0.4, 0.5) is 4.39 Å². The van der Waals surface area contributed by atoms with Crippen molar-refractivity contribution in [1.29, 1.82) is 0 Å². The number of aromatic amines is 2. The Morgan fingerprint density at radius 2 is 1.33 bits per heavy atom. The summed E-state index contributed by atoms with van der Waals surface area (Å²) >= 11 is 2.15. The van der Waals surface area contributed by atoms with Crippen LogP contribution in [0.5, 0.6) is 5.75 Å². The number of rotatable bonds is 7. The molecular weight excluding hydrogens is 738 g/mol. The highest BCUT2D eigenvalue weighted by molar-refractivity contribution is 14.1. The van der Waals surface area contributed by atoms with Gasteiger partial charge >= 0.3 is 0 Å². The number of ether oxygens (including phenoxy) is 1. The molecule has 0 aliphatic heterocycles. The molecule has 254 valence electrons. The van der Waals surface area contributed by atoms with Crippen molar-refractivity contribution in [3.63, 3.8) is 0 Å². The largest absolute Gasteiger partial charge is 0.493 e. The Hall–Kier alpha value is -5.08. The number of hydrogen-bond donors (Lipinski definition) is 3. The van der Waals surface area contributed by atoms with Crippen molar-refractivity contribution in [3.8, 4) is 28.3 Å². The lowest BCUT2D eigenvalue weighted by molar-refractivity contribution is 0.0553. The molecule has 0 radical (unpaired) electrons. The SMILES string of the molecule is C.C.CC(C)(O)CCOc1ccc(-c2cn(-c3ccccc3)c3nc[nH]c(=O)c23)c(F)c1.O=c1[nH]cnc2c1c(I)cn2-c1ccccc1. The zero-order valence-electron chi connectivity index (χ0n) is 25.4. The Balaban J connectivity index is 0.000000242. The van der Waals surface area contributed by atoms with Gasteiger partial charge in [0.15, 0.2) is 11.3 Å². The van der Waals surface area contributed by atoms with Gasteiger partial charge in [0.05, 0.1) is 35.6 Å². The average molecular weight is 777 g/mol. The van der Waals surface area contributed by atoms with Crippen LogP contribution in [0.1, 0.15) is 35.1 Å². The molecule has 0 aliphatic rings. The van der Waals surface area contributed by atoms with Gasteiger partial charge in [-0.05, 0) is 72.8 Å². The van der Waals surface area contributed by atoms with Crippen molar-refractivity contribution in [2.75, 3.05) is 6.61 Å². The Morgan fingerprint density at radius 1 is 0.796 bits per heavy atom. The van der Waals surface area contributed by atoms with Crippen molar-refractivity contribution in [3.05, 3.63) is 134 Å². The minimum absolute atomic E-state index is 0. The predicted octanol–water partition coefficient (Wildman–Crippen LogP) is 7.65. The van der Waals surface area contributed by atoms with Gasteiger partial charge in [0.25, 0.3) is 11.1 Å². The number of halogens is 2. The second kappa shape index (κ2) is 15.4. The highest BCUT2D eigenvalue weighted by atomic mass is 127. The number of aliphatic hydroxyl groups is 1. The molecule has 3 aromatic carbocycles. The number of benzene rings is 3. The lowest BCUT2D eigenvalue weighted by Crippen LogP contribution is -2.21. The quantitative estimate of drug-likeness (QED) is 0.143. The van der Waals surface area contributed by atoms with E-state index in [1.165, 1.54) is 18.7 Å². The van der Waals surface area contributed by atoms with E-state index in [-0.39, 0.29) is 38.1 Å². The maximum atomic E-state index is 15.0. The third-order valence-corrected chi connectivity index (χ3v) is 8.23. The highest BCUT2D eigenvalue weighted by Crippen LogP contribution is 2.33. The van der Waals surface area contributed by atoms with Crippen LogP contribution in [0.2, 0.25) is 0 Å². The van der Waals surface area contributed by atoms with E-state index >= 15 is 0 Å². The molecule has 49 heavy (non-hydrogen) atoms. The van der Waals surface area contributed by atoms with Crippen molar-refractivity contribution in [2.45, 2.75) is 40.7 Å². The van der Waals surface area contributed by atoms with E-state index in [4.69, 9.17) is 4.74 Å². The smallest absolute Gasteiger partial charge is 0.261 e. The zero-order chi connectivity index (χ0) is 33.1. The number of hydrogen-bond acceptors (Lipinski definition) is 6. The van der Waals surface area contributed by atoms with Crippen molar-refractivity contribution in [1.82, 2.24) is 29.1 Å². The van der Waals surface area contributed by atoms with Gasteiger partial charge in [0.2, 0.25) is 0 Å².